The first-order chi connectivity index (χ1) is 13.0. The number of nitrogens with zero attached hydrogens (tertiary/aromatic N) is 1. The van der Waals surface area contributed by atoms with Gasteiger partial charge in [0.25, 0.3) is 5.91 Å². The van der Waals surface area contributed by atoms with Gasteiger partial charge in [-0.25, -0.2) is 13.2 Å². The normalized spacial score (nSPS) is 11.1. The number of hydrogen-bond acceptors (Lipinski definition) is 3. The van der Waals surface area contributed by atoms with Crippen molar-refractivity contribution in [3.8, 4) is 17.4 Å². The predicted molar refractivity (Wildman–Crippen MR) is 92.7 cm³/mol. The van der Waals surface area contributed by atoms with Gasteiger partial charge in [0, 0.05) is 12.1 Å². The minimum absolute atomic E-state index is 0.138. The molecule has 0 unspecified atom stereocenters. The van der Waals surface area contributed by atoms with Crippen LogP contribution < -0.4 is 5.32 Å². The molecule has 0 fully saturated rings. The molecule has 0 saturated heterocycles. The SMILES string of the molecule is N#C/C(=C\c1ccc(-c2ccccc2F)o1)C(=O)Nc1ccc(F)cc1F. The van der Waals surface area contributed by atoms with Gasteiger partial charge in [-0.05, 0) is 36.4 Å². The Bertz CT molecular complexity index is 1080. The van der Waals surface area contributed by atoms with E-state index < -0.39 is 23.4 Å². The summed E-state index contributed by atoms with van der Waals surface area (Å²) in [6.07, 6.45) is 1.14. The first kappa shape index (κ1) is 18.0. The Morgan fingerprint density at radius 2 is 1.81 bits per heavy atom. The van der Waals surface area contributed by atoms with Crippen molar-refractivity contribution in [1.82, 2.24) is 0 Å². The molecule has 27 heavy (non-hydrogen) atoms. The quantitative estimate of drug-likeness (QED) is 0.526. The van der Waals surface area contributed by atoms with Gasteiger partial charge in [0.15, 0.2) is 0 Å². The molecular weight excluding hydrogens is 357 g/mol. The molecule has 3 rings (SSSR count). The maximum atomic E-state index is 13.8. The van der Waals surface area contributed by atoms with Crippen molar-refractivity contribution >= 4 is 17.7 Å². The molecule has 1 amide bonds. The van der Waals surface area contributed by atoms with Gasteiger partial charge in [-0.1, -0.05) is 12.1 Å². The van der Waals surface area contributed by atoms with Gasteiger partial charge in [0.1, 0.15) is 40.6 Å². The van der Waals surface area contributed by atoms with Crippen molar-refractivity contribution in [2.24, 2.45) is 0 Å². The average Bonchev–Trinajstić information content (AvgIpc) is 3.10. The van der Waals surface area contributed by atoms with Crippen molar-refractivity contribution in [2.75, 3.05) is 5.32 Å². The van der Waals surface area contributed by atoms with E-state index in [0.29, 0.717) is 6.07 Å². The van der Waals surface area contributed by atoms with E-state index in [1.807, 2.05) is 0 Å². The maximum absolute atomic E-state index is 13.8. The van der Waals surface area contributed by atoms with Gasteiger partial charge in [0.05, 0.1) is 11.3 Å². The summed E-state index contributed by atoms with van der Waals surface area (Å²) in [6, 6.07) is 13.2. The number of carbonyl (C=O) groups is 1. The molecule has 0 aliphatic carbocycles. The number of nitriles is 1. The van der Waals surface area contributed by atoms with E-state index in [0.717, 1.165) is 18.2 Å². The fourth-order valence-electron chi connectivity index (χ4n) is 2.31. The van der Waals surface area contributed by atoms with Crippen LogP contribution in [0.1, 0.15) is 5.76 Å². The van der Waals surface area contributed by atoms with E-state index in [2.05, 4.69) is 5.32 Å². The third-order valence-corrected chi connectivity index (χ3v) is 3.60. The van der Waals surface area contributed by atoms with Crippen molar-refractivity contribution in [3.63, 3.8) is 0 Å². The van der Waals surface area contributed by atoms with Gasteiger partial charge in [0.2, 0.25) is 0 Å². The highest BCUT2D eigenvalue weighted by Gasteiger charge is 2.14. The zero-order valence-electron chi connectivity index (χ0n) is 13.7. The van der Waals surface area contributed by atoms with Crippen LogP contribution in [-0.4, -0.2) is 5.91 Å². The standard InChI is InChI=1S/C20H11F3N2O2/c21-13-5-7-18(17(23)10-13)25-20(26)12(11-24)9-14-6-8-19(27-14)15-3-1-2-4-16(15)22/h1-10H,(H,25,26)/b12-9+. The monoisotopic (exact) mass is 368 g/mol. The lowest BCUT2D eigenvalue weighted by molar-refractivity contribution is -0.112. The number of rotatable bonds is 4. The summed E-state index contributed by atoms with van der Waals surface area (Å²) < 4.78 is 45.8. The minimum Gasteiger partial charge on any atom is -0.457 e. The van der Waals surface area contributed by atoms with E-state index >= 15 is 0 Å². The molecule has 134 valence electrons. The molecule has 0 spiro atoms. The maximum Gasteiger partial charge on any atom is 0.266 e. The van der Waals surface area contributed by atoms with E-state index in [4.69, 9.17) is 4.42 Å². The molecule has 0 aliphatic heterocycles. The second kappa shape index (κ2) is 7.62. The van der Waals surface area contributed by atoms with Crippen LogP contribution in [0.3, 0.4) is 0 Å². The van der Waals surface area contributed by atoms with Crippen LogP contribution >= 0.6 is 0 Å². The Labute approximate surface area is 152 Å². The second-order valence-corrected chi connectivity index (χ2v) is 5.43. The molecule has 1 aromatic heterocycles. The molecule has 0 bridgehead atoms. The van der Waals surface area contributed by atoms with Crippen LogP contribution in [0.15, 0.2) is 64.6 Å². The lowest BCUT2D eigenvalue weighted by Gasteiger charge is -2.05. The first-order valence-electron chi connectivity index (χ1n) is 7.71. The summed E-state index contributed by atoms with van der Waals surface area (Å²) in [5.41, 5.74) is -0.407. The number of anilines is 1. The van der Waals surface area contributed by atoms with E-state index in [9.17, 15) is 23.2 Å². The number of nitrogens with one attached hydrogen (secondary N) is 1. The summed E-state index contributed by atoms with van der Waals surface area (Å²) in [6.45, 7) is 0. The fraction of sp³-hybridized carbons (Fsp3) is 0. The van der Waals surface area contributed by atoms with Crippen LogP contribution in [0, 0.1) is 28.8 Å². The molecule has 0 radical (unpaired) electrons. The van der Waals surface area contributed by atoms with E-state index in [-0.39, 0.29) is 28.3 Å². The highest BCUT2D eigenvalue weighted by molar-refractivity contribution is 6.09. The van der Waals surface area contributed by atoms with Crippen LogP contribution in [-0.2, 0) is 4.79 Å². The third kappa shape index (κ3) is 4.07. The molecule has 0 saturated carbocycles. The number of amides is 1. The van der Waals surface area contributed by atoms with Crippen LogP contribution in [0.4, 0.5) is 18.9 Å². The molecule has 0 aliphatic rings. The molecule has 1 N–H and O–H groups in total. The third-order valence-electron chi connectivity index (χ3n) is 3.60. The zero-order chi connectivity index (χ0) is 19.4. The van der Waals surface area contributed by atoms with Gasteiger partial charge in [-0.3, -0.25) is 4.79 Å². The molecule has 1 heterocycles. The van der Waals surface area contributed by atoms with Gasteiger partial charge < -0.3 is 9.73 Å². The molecule has 2 aromatic carbocycles. The van der Waals surface area contributed by atoms with Gasteiger partial charge in [-0.2, -0.15) is 5.26 Å². The van der Waals surface area contributed by atoms with Crippen molar-refractivity contribution in [1.29, 1.82) is 5.26 Å². The Kier molecular flexibility index (Phi) is 5.08. The predicted octanol–water partition coefficient (Wildman–Crippen LogP) is 4.91. The highest BCUT2D eigenvalue weighted by atomic mass is 19.1. The Balaban J connectivity index is 1.83. The number of furan rings is 1. The zero-order valence-corrected chi connectivity index (χ0v) is 13.7. The van der Waals surface area contributed by atoms with E-state index in [1.54, 1.807) is 12.1 Å². The molecule has 7 heteroatoms. The number of benzene rings is 2. The summed E-state index contributed by atoms with van der Waals surface area (Å²) in [5.74, 6) is -2.78. The average molecular weight is 368 g/mol. The summed E-state index contributed by atoms with van der Waals surface area (Å²) >= 11 is 0. The second-order valence-electron chi connectivity index (χ2n) is 5.43. The number of hydrogen-bond donors (Lipinski definition) is 1. The topological polar surface area (TPSA) is 66.0 Å². The Morgan fingerprint density at radius 1 is 1.04 bits per heavy atom. The van der Waals surface area contributed by atoms with Crippen molar-refractivity contribution < 1.29 is 22.4 Å². The fourth-order valence-corrected chi connectivity index (χ4v) is 2.31. The number of carbonyl (C=O) groups excluding carboxylic acids is 1. The number of halogens is 3. The summed E-state index contributed by atoms with van der Waals surface area (Å²) in [5, 5.41) is 11.4. The minimum atomic E-state index is -0.972. The largest absolute Gasteiger partial charge is 0.457 e. The summed E-state index contributed by atoms with van der Waals surface area (Å²) in [7, 11) is 0. The van der Waals surface area contributed by atoms with Crippen molar-refractivity contribution in [2.45, 2.75) is 0 Å². The molecule has 3 aromatic rings. The first-order valence-corrected chi connectivity index (χ1v) is 7.71. The van der Waals surface area contributed by atoms with E-state index in [1.165, 1.54) is 30.3 Å². The Hall–Kier alpha value is -3.79. The van der Waals surface area contributed by atoms with Crippen molar-refractivity contribution in [3.05, 3.63) is 83.4 Å². The molecule has 4 nitrogen and oxygen atoms in total. The van der Waals surface area contributed by atoms with Crippen LogP contribution in [0.5, 0.6) is 0 Å². The van der Waals surface area contributed by atoms with Crippen LogP contribution in [0.2, 0.25) is 0 Å². The molecular formula is C20H11F3N2O2. The molecule has 0 atom stereocenters. The summed E-state index contributed by atoms with van der Waals surface area (Å²) in [4.78, 5) is 12.2. The van der Waals surface area contributed by atoms with Gasteiger partial charge >= 0.3 is 0 Å². The Morgan fingerprint density at radius 3 is 2.52 bits per heavy atom. The van der Waals surface area contributed by atoms with Crippen LogP contribution in [0.25, 0.3) is 17.4 Å². The highest BCUT2D eigenvalue weighted by Crippen LogP contribution is 2.26. The smallest absolute Gasteiger partial charge is 0.266 e. The van der Waals surface area contributed by atoms with Gasteiger partial charge in [-0.15, -0.1) is 0 Å². The lowest BCUT2D eigenvalue weighted by Crippen LogP contribution is -2.14. The lowest BCUT2D eigenvalue weighted by atomic mass is 10.1.